The lowest BCUT2D eigenvalue weighted by Crippen LogP contribution is -2.72. The Morgan fingerprint density at radius 1 is 1.22 bits per heavy atom. The molecule has 4 atom stereocenters. The van der Waals surface area contributed by atoms with Crippen LogP contribution in [0.4, 0.5) is 4.79 Å². The minimum Gasteiger partial charge on any atom is -0.444 e. The fourth-order valence-electron chi connectivity index (χ4n) is 4.47. The minimum absolute atomic E-state index is 0.146. The fraction of sp³-hybridized carbons (Fsp3) is 0.900. The van der Waals surface area contributed by atoms with Crippen LogP contribution < -0.4 is 0 Å². The number of likely N-dealkylation sites (tertiary alicyclic amines) is 1. The quantitative estimate of drug-likeness (QED) is 0.698. The van der Waals surface area contributed by atoms with Crippen LogP contribution in [0.5, 0.6) is 0 Å². The molecule has 0 aromatic heterocycles. The second-order valence-electron chi connectivity index (χ2n) is 9.60. The van der Waals surface area contributed by atoms with Gasteiger partial charge in [-0.1, -0.05) is 0 Å². The number of carbonyl (C=O) groups is 2. The van der Waals surface area contributed by atoms with Crippen LogP contribution in [0.2, 0.25) is 0 Å². The molecule has 1 amide bonds. The highest BCUT2D eigenvalue weighted by Gasteiger charge is 2.67. The van der Waals surface area contributed by atoms with Crippen molar-refractivity contribution in [1.82, 2.24) is 4.90 Å². The molecule has 0 N–H and O–H groups in total. The summed E-state index contributed by atoms with van der Waals surface area (Å²) in [6.07, 6.45) is 1.89. The SMILES string of the molecule is CO[C@@]1(C)O[C@@H]2[C@@H](CC=O)C3(CC3)N(C(=O)OC(C)(C)C)C[C@H]2OC1(C)C. The molecule has 2 saturated heterocycles. The highest BCUT2D eigenvalue weighted by atomic mass is 16.7. The Hall–Kier alpha value is -1.18. The Bertz CT molecular complexity index is 608. The second kappa shape index (κ2) is 6.42. The van der Waals surface area contributed by atoms with E-state index in [1.165, 1.54) is 0 Å². The van der Waals surface area contributed by atoms with Crippen LogP contribution in [0.15, 0.2) is 0 Å². The molecule has 154 valence electrons. The van der Waals surface area contributed by atoms with Gasteiger partial charge in [-0.25, -0.2) is 4.79 Å². The van der Waals surface area contributed by atoms with Gasteiger partial charge in [0.25, 0.3) is 0 Å². The Morgan fingerprint density at radius 3 is 2.33 bits per heavy atom. The first-order chi connectivity index (χ1) is 12.4. The number of carbonyl (C=O) groups excluding carboxylic acids is 2. The van der Waals surface area contributed by atoms with Crippen LogP contribution in [0.1, 0.15) is 60.8 Å². The maximum absolute atomic E-state index is 12.9. The summed E-state index contributed by atoms with van der Waals surface area (Å²) in [5.74, 6) is -1.08. The first-order valence-electron chi connectivity index (χ1n) is 9.74. The van der Waals surface area contributed by atoms with Crippen LogP contribution in [0.25, 0.3) is 0 Å². The number of rotatable bonds is 3. The van der Waals surface area contributed by atoms with Gasteiger partial charge in [0.05, 0.1) is 18.2 Å². The minimum atomic E-state index is -0.931. The highest BCUT2D eigenvalue weighted by Crippen LogP contribution is 2.57. The zero-order valence-electron chi connectivity index (χ0n) is 17.5. The Labute approximate surface area is 161 Å². The third kappa shape index (κ3) is 3.38. The van der Waals surface area contributed by atoms with Crippen molar-refractivity contribution in [2.24, 2.45) is 5.92 Å². The molecule has 0 aromatic rings. The Morgan fingerprint density at radius 2 is 1.85 bits per heavy atom. The zero-order chi connectivity index (χ0) is 20.3. The average Bonchev–Trinajstić information content (AvgIpc) is 3.31. The number of fused-ring (bicyclic) bond motifs is 1. The standard InChI is InChI=1S/C20H33NO6/c1-17(2,3)27-16(23)21-12-14-15(13(8-11-22)20(21)9-10-20)26-19(6,24-7)18(4,5)25-14/h11,13-15H,8-10,12H2,1-7H3/t13-,14-,15-,19+/m1/s1. The number of amides is 1. The van der Waals surface area contributed by atoms with Crippen molar-refractivity contribution in [3.63, 3.8) is 0 Å². The molecule has 3 rings (SSSR count). The van der Waals surface area contributed by atoms with Gasteiger partial charge in [-0.3, -0.25) is 4.90 Å². The summed E-state index contributed by atoms with van der Waals surface area (Å²) in [6.45, 7) is 11.6. The summed E-state index contributed by atoms with van der Waals surface area (Å²) < 4.78 is 24.1. The van der Waals surface area contributed by atoms with Gasteiger partial charge in [-0.05, 0) is 54.4 Å². The summed E-state index contributed by atoms with van der Waals surface area (Å²) >= 11 is 0. The predicted molar refractivity (Wildman–Crippen MR) is 98.3 cm³/mol. The lowest BCUT2D eigenvalue weighted by atomic mass is 9.78. The van der Waals surface area contributed by atoms with Crippen LogP contribution in [-0.2, 0) is 23.7 Å². The molecule has 7 nitrogen and oxygen atoms in total. The van der Waals surface area contributed by atoms with Crippen molar-refractivity contribution in [3.8, 4) is 0 Å². The number of aldehydes is 1. The number of nitrogens with zero attached hydrogens (tertiary/aromatic N) is 1. The van der Waals surface area contributed by atoms with E-state index in [0.29, 0.717) is 13.0 Å². The van der Waals surface area contributed by atoms with E-state index in [-0.39, 0.29) is 24.2 Å². The zero-order valence-corrected chi connectivity index (χ0v) is 17.5. The molecule has 27 heavy (non-hydrogen) atoms. The molecular weight excluding hydrogens is 350 g/mol. The molecule has 0 bridgehead atoms. The van der Waals surface area contributed by atoms with Crippen LogP contribution >= 0.6 is 0 Å². The average molecular weight is 383 g/mol. The molecule has 1 saturated carbocycles. The number of hydrogen-bond donors (Lipinski definition) is 0. The molecule has 2 aliphatic heterocycles. The number of ether oxygens (including phenoxy) is 4. The van der Waals surface area contributed by atoms with Gasteiger partial charge >= 0.3 is 6.09 Å². The highest BCUT2D eigenvalue weighted by molar-refractivity contribution is 5.71. The van der Waals surface area contributed by atoms with Crippen molar-refractivity contribution < 1.29 is 28.5 Å². The van der Waals surface area contributed by atoms with Gasteiger partial charge in [0.2, 0.25) is 0 Å². The molecule has 3 fully saturated rings. The van der Waals surface area contributed by atoms with Crippen molar-refractivity contribution in [2.75, 3.05) is 13.7 Å². The fourth-order valence-corrected chi connectivity index (χ4v) is 4.47. The largest absolute Gasteiger partial charge is 0.444 e. The van der Waals surface area contributed by atoms with Crippen LogP contribution in [-0.4, -0.2) is 65.7 Å². The summed E-state index contributed by atoms with van der Waals surface area (Å²) in [6, 6.07) is 0. The van der Waals surface area contributed by atoms with E-state index < -0.39 is 22.5 Å². The number of piperidine rings is 1. The summed E-state index contributed by atoms with van der Waals surface area (Å²) in [5.41, 5.74) is -1.69. The molecule has 0 radical (unpaired) electrons. The topological polar surface area (TPSA) is 74.3 Å². The first kappa shape index (κ1) is 20.6. The maximum Gasteiger partial charge on any atom is 0.410 e. The van der Waals surface area contributed by atoms with E-state index in [1.807, 2.05) is 41.5 Å². The van der Waals surface area contributed by atoms with Crippen molar-refractivity contribution in [1.29, 1.82) is 0 Å². The van der Waals surface area contributed by atoms with Gasteiger partial charge in [0.1, 0.15) is 23.6 Å². The summed E-state index contributed by atoms with van der Waals surface area (Å²) in [7, 11) is 1.60. The molecule has 1 spiro atoms. The number of methoxy groups -OCH3 is 1. The van der Waals surface area contributed by atoms with Crippen molar-refractivity contribution in [2.45, 2.75) is 95.5 Å². The summed E-state index contributed by atoms with van der Waals surface area (Å²) in [4.78, 5) is 26.2. The maximum atomic E-state index is 12.9. The third-order valence-electron chi connectivity index (χ3n) is 6.37. The third-order valence-corrected chi connectivity index (χ3v) is 6.37. The normalized spacial score (nSPS) is 36.9. The first-order valence-corrected chi connectivity index (χ1v) is 9.74. The lowest BCUT2D eigenvalue weighted by molar-refractivity contribution is -0.397. The Kier molecular flexibility index (Phi) is 4.89. The van der Waals surface area contributed by atoms with Gasteiger partial charge in [0, 0.05) is 19.4 Å². The smallest absolute Gasteiger partial charge is 0.410 e. The number of hydrogen-bond acceptors (Lipinski definition) is 6. The van der Waals surface area contributed by atoms with Gasteiger partial charge in [-0.15, -0.1) is 0 Å². The van der Waals surface area contributed by atoms with Crippen molar-refractivity contribution in [3.05, 3.63) is 0 Å². The van der Waals surface area contributed by atoms with E-state index >= 15 is 0 Å². The van der Waals surface area contributed by atoms with Crippen LogP contribution in [0, 0.1) is 5.92 Å². The molecule has 3 aliphatic rings. The second-order valence-corrected chi connectivity index (χ2v) is 9.60. The van der Waals surface area contributed by atoms with Crippen molar-refractivity contribution >= 4 is 12.4 Å². The lowest BCUT2D eigenvalue weighted by Gasteiger charge is -2.58. The van der Waals surface area contributed by atoms with E-state index in [0.717, 1.165) is 19.1 Å². The molecule has 7 heteroatoms. The predicted octanol–water partition coefficient (Wildman–Crippen LogP) is 2.90. The Balaban J connectivity index is 1.93. The molecule has 1 aliphatic carbocycles. The molecule has 0 aromatic carbocycles. The van der Waals surface area contributed by atoms with E-state index in [1.54, 1.807) is 12.0 Å². The van der Waals surface area contributed by atoms with E-state index in [2.05, 4.69) is 0 Å². The monoisotopic (exact) mass is 383 g/mol. The molecule has 0 unspecified atom stereocenters. The van der Waals surface area contributed by atoms with E-state index in [9.17, 15) is 9.59 Å². The van der Waals surface area contributed by atoms with Gasteiger partial charge < -0.3 is 23.7 Å². The summed E-state index contributed by atoms with van der Waals surface area (Å²) in [5, 5.41) is 0. The van der Waals surface area contributed by atoms with E-state index in [4.69, 9.17) is 18.9 Å². The molecule has 2 heterocycles. The van der Waals surface area contributed by atoms with Crippen LogP contribution in [0.3, 0.4) is 0 Å². The van der Waals surface area contributed by atoms with Gasteiger partial charge in [-0.2, -0.15) is 0 Å². The van der Waals surface area contributed by atoms with Gasteiger partial charge in [0.15, 0.2) is 5.79 Å². The molecular formula is C20H33NO6.